The first-order chi connectivity index (χ1) is 10.5. The number of hydrogen-bond acceptors (Lipinski definition) is 5. The second-order valence-electron chi connectivity index (χ2n) is 7.02. The van der Waals surface area contributed by atoms with Crippen LogP contribution in [-0.2, 0) is 4.79 Å². The van der Waals surface area contributed by atoms with E-state index in [1.165, 1.54) is 12.1 Å². The Balaban J connectivity index is 3.04. The number of carbonyl (C=O) groups excluding carboxylic acids is 2. The number of rotatable bonds is 3. The van der Waals surface area contributed by atoms with Crippen molar-refractivity contribution in [2.45, 2.75) is 65.1 Å². The normalized spacial score (nSPS) is 18.3. The monoisotopic (exact) mass is 328 g/mol. The number of nitrogens with zero attached hydrogens (tertiary/aromatic N) is 3. The molecule has 8 heteroatoms. The molecule has 23 heavy (non-hydrogen) atoms. The predicted octanol–water partition coefficient (Wildman–Crippen LogP) is 1.72. The summed E-state index contributed by atoms with van der Waals surface area (Å²) in [4.78, 5) is 36.9. The van der Waals surface area contributed by atoms with Crippen LogP contribution in [0.4, 0.5) is 9.59 Å². The van der Waals surface area contributed by atoms with Gasteiger partial charge in [0, 0.05) is 18.6 Å². The van der Waals surface area contributed by atoms with E-state index >= 15 is 0 Å². The smallest absolute Gasteiger partial charge is 0.422 e. The topological polar surface area (TPSA) is 93.2 Å². The first-order valence-corrected chi connectivity index (χ1v) is 7.85. The van der Waals surface area contributed by atoms with Gasteiger partial charge in [0.05, 0.1) is 6.04 Å². The predicted molar refractivity (Wildman–Crippen MR) is 85.8 cm³/mol. The zero-order valence-corrected chi connectivity index (χ0v) is 14.8. The molecule has 1 atom stereocenters. The molecule has 0 saturated carbocycles. The van der Waals surface area contributed by atoms with E-state index in [1.807, 2.05) is 34.6 Å². The summed E-state index contributed by atoms with van der Waals surface area (Å²) in [6.07, 6.45) is -0.237. The maximum Gasteiger partial charge on any atom is 0.422 e. The van der Waals surface area contributed by atoms with E-state index in [0.29, 0.717) is 17.9 Å². The number of amides is 4. The van der Waals surface area contributed by atoms with Crippen molar-refractivity contribution in [2.75, 3.05) is 13.6 Å². The molecule has 1 aliphatic rings. The van der Waals surface area contributed by atoms with Crippen LogP contribution < -0.4 is 5.32 Å². The Hall–Kier alpha value is -1.67. The number of hydrazine groups is 1. The molecule has 1 saturated heterocycles. The van der Waals surface area contributed by atoms with Crippen molar-refractivity contribution in [3.63, 3.8) is 0 Å². The summed E-state index contributed by atoms with van der Waals surface area (Å²) in [5.74, 6) is -0.718. The van der Waals surface area contributed by atoms with Crippen LogP contribution >= 0.6 is 0 Å². The minimum Gasteiger partial charge on any atom is -0.464 e. The van der Waals surface area contributed by atoms with E-state index in [0.717, 1.165) is 6.42 Å². The van der Waals surface area contributed by atoms with E-state index in [-0.39, 0.29) is 6.04 Å². The van der Waals surface area contributed by atoms with E-state index in [2.05, 4.69) is 5.32 Å². The number of hydrogen-bond donors (Lipinski definition) is 2. The minimum atomic E-state index is -1.56. The standard InChI is InChI=1S/C15H28N4O4/c1-10(2)19(15(3,4)5)17(6)13(21)18(14(22)23)12(20)11-8-7-9-16-11/h10-11,16H,7-9H2,1-6H3,(H,22,23)/t11-/m0/s1. The van der Waals surface area contributed by atoms with Crippen LogP contribution in [0.2, 0.25) is 0 Å². The van der Waals surface area contributed by atoms with E-state index < -0.39 is 29.6 Å². The number of urea groups is 1. The van der Waals surface area contributed by atoms with Gasteiger partial charge in [-0.25, -0.2) is 14.6 Å². The van der Waals surface area contributed by atoms with Crippen molar-refractivity contribution in [3.05, 3.63) is 0 Å². The van der Waals surface area contributed by atoms with Gasteiger partial charge in [-0.2, -0.15) is 4.90 Å². The maximum absolute atomic E-state index is 12.7. The minimum absolute atomic E-state index is 0.0423. The van der Waals surface area contributed by atoms with Gasteiger partial charge in [0.25, 0.3) is 5.91 Å². The largest absolute Gasteiger partial charge is 0.464 e. The molecule has 8 nitrogen and oxygen atoms in total. The van der Waals surface area contributed by atoms with Crippen LogP contribution in [0, 0.1) is 0 Å². The molecule has 0 unspecified atom stereocenters. The average Bonchev–Trinajstić information content (AvgIpc) is 2.89. The molecule has 1 rings (SSSR count). The molecule has 132 valence electrons. The van der Waals surface area contributed by atoms with Crippen LogP contribution in [0.25, 0.3) is 0 Å². The Labute approximate surface area is 137 Å². The molecule has 1 fully saturated rings. The lowest BCUT2D eigenvalue weighted by molar-refractivity contribution is -0.131. The third kappa shape index (κ3) is 4.42. The highest BCUT2D eigenvalue weighted by Gasteiger charge is 2.40. The molecular weight excluding hydrogens is 300 g/mol. The van der Waals surface area contributed by atoms with Gasteiger partial charge < -0.3 is 10.4 Å². The fraction of sp³-hybridized carbons (Fsp3) is 0.800. The zero-order chi connectivity index (χ0) is 17.9. The zero-order valence-electron chi connectivity index (χ0n) is 14.8. The fourth-order valence-corrected chi connectivity index (χ4v) is 3.13. The van der Waals surface area contributed by atoms with Crippen molar-refractivity contribution in [1.82, 2.24) is 20.2 Å². The lowest BCUT2D eigenvalue weighted by Crippen LogP contribution is -2.62. The Bertz CT molecular complexity index is 467. The quantitative estimate of drug-likeness (QED) is 0.766. The van der Waals surface area contributed by atoms with E-state index in [9.17, 15) is 19.5 Å². The summed E-state index contributed by atoms with van der Waals surface area (Å²) in [6, 6.07) is -1.52. The number of carboxylic acid groups (broad SMARTS) is 1. The fourth-order valence-electron chi connectivity index (χ4n) is 3.13. The lowest BCUT2D eigenvalue weighted by Gasteiger charge is -2.45. The number of imide groups is 3. The summed E-state index contributed by atoms with van der Waals surface area (Å²) in [6.45, 7) is 10.2. The molecule has 0 bridgehead atoms. The van der Waals surface area contributed by atoms with E-state index in [1.54, 1.807) is 5.01 Å². The van der Waals surface area contributed by atoms with Gasteiger partial charge in [0.1, 0.15) is 0 Å². The molecule has 4 amide bonds. The maximum atomic E-state index is 12.7. The summed E-state index contributed by atoms with van der Waals surface area (Å²) in [5.41, 5.74) is -0.405. The van der Waals surface area contributed by atoms with Gasteiger partial charge in [0.2, 0.25) is 0 Å². The molecule has 2 N–H and O–H groups in total. The lowest BCUT2D eigenvalue weighted by atomic mass is 10.1. The third-order valence-corrected chi connectivity index (χ3v) is 3.74. The molecule has 1 heterocycles. The first kappa shape index (κ1) is 19.4. The Morgan fingerprint density at radius 2 is 1.78 bits per heavy atom. The molecule has 0 spiro atoms. The molecule has 0 aromatic heterocycles. The average molecular weight is 328 g/mol. The highest BCUT2D eigenvalue weighted by Crippen LogP contribution is 2.21. The Morgan fingerprint density at radius 3 is 2.13 bits per heavy atom. The van der Waals surface area contributed by atoms with Crippen LogP contribution in [0.15, 0.2) is 0 Å². The summed E-state index contributed by atoms with van der Waals surface area (Å²) < 4.78 is 0. The third-order valence-electron chi connectivity index (χ3n) is 3.74. The second-order valence-corrected chi connectivity index (χ2v) is 7.02. The summed E-state index contributed by atoms with van der Waals surface area (Å²) in [5, 5.41) is 15.3. The van der Waals surface area contributed by atoms with Gasteiger partial charge in [-0.1, -0.05) is 0 Å². The van der Waals surface area contributed by atoms with Crippen molar-refractivity contribution in [2.24, 2.45) is 0 Å². The first-order valence-electron chi connectivity index (χ1n) is 7.85. The molecule has 1 aliphatic heterocycles. The summed E-state index contributed by atoms with van der Waals surface area (Å²) in [7, 11) is 1.48. The van der Waals surface area contributed by atoms with Crippen molar-refractivity contribution < 1.29 is 19.5 Å². The molecule has 0 aromatic rings. The van der Waals surface area contributed by atoms with Crippen molar-refractivity contribution in [1.29, 1.82) is 0 Å². The SMILES string of the molecule is CC(C)N(N(C)C(=O)N(C(=O)O)C(=O)[C@@H]1CCCN1)C(C)(C)C. The van der Waals surface area contributed by atoms with E-state index in [4.69, 9.17) is 0 Å². The Morgan fingerprint density at radius 1 is 1.22 bits per heavy atom. The van der Waals surface area contributed by atoms with Crippen LogP contribution in [0.5, 0.6) is 0 Å². The number of carbonyl (C=O) groups is 3. The summed E-state index contributed by atoms with van der Waals surface area (Å²) >= 11 is 0. The Kier molecular flexibility index (Phi) is 6.12. The van der Waals surface area contributed by atoms with Crippen LogP contribution in [-0.4, -0.2) is 69.3 Å². The van der Waals surface area contributed by atoms with Gasteiger partial charge >= 0.3 is 12.1 Å². The van der Waals surface area contributed by atoms with Crippen molar-refractivity contribution >= 4 is 18.0 Å². The molecule has 0 aromatic carbocycles. The number of nitrogens with one attached hydrogen (secondary N) is 1. The van der Waals surface area contributed by atoms with Crippen molar-refractivity contribution in [3.8, 4) is 0 Å². The van der Waals surface area contributed by atoms with Crippen LogP contribution in [0.1, 0.15) is 47.5 Å². The van der Waals surface area contributed by atoms with Gasteiger partial charge in [-0.3, -0.25) is 9.80 Å². The van der Waals surface area contributed by atoms with Gasteiger partial charge in [-0.05, 0) is 54.0 Å². The molecule has 0 aliphatic carbocycles. The molecule has 0 radical (unpaired) electrons. The molecular formula is C15H28N4O4. The highest BCUT2D eigenvalue weighted by atomic mass is 16.4. The van der Waals surface area contributed by atoms with Gasteiger partial charge in [0.15, 0.2) is 0 Å². The van der Waals surface area contributed by atoms with Gasteiger partial charge in [-0.15, -0.1) is 0 Å². The second kappa shape index (κ2) is 7.27. The highest BCUT2D eigenvalue weighted by molar-refractivity contribution is 6.09. The van der Waals surface area contributed by atoms with Crippen LogP contribution in [0.3, 0.4) is 0 Å².